The van der Waals surface area contributed by atoms with Crippen LogP contribution in [0.25, 0.3) is 0 Å². The maximum atomic E-state index is 12.2. The molecule has 0 aliphatic carbocycles. The van der Waals surface area contributed by atoms with Crippen LogP contribution in [0.1, 0.15) is 5.56 Å². The van der Waals surface area contributed by atoms with Crippen LogP contribution in [0.3, 0.4) is 0 Å². The van der Waals surface area contributed by atoms with Crippen molar-refractivity contribution in [2.75, 3.05) is 45.5 Å². The van der Waals surface area contributed by atoms with Gasteiger partial charge in [-0.05, 0) is 5.56 Å². The Morgan fingerprint density at radius 3 is 2.45 bits per heavy atom. The van der Waals surface area contributed by atoms with E-state index in [-0.39, 0.29) is 11.8 Å². The number of thioether (sulfide) groups is 1. The molecule has 1 aromatic rings. The second-order valence-corrected chi connectivity index (χ2v) is 6.29. The Balaban J connectivity index is 1.66. The van der Waals surface area contributed by atoms with Crippen LogP contribution < -0.4 is 5.32 Å². The van der Waals surface area contributed by atoms with E-state index >= 15 is 0 Å². The summed E-state index contributed by atoms with van der Waals surface area (Å²) >= 11 is 1.65. The average molecular weight is 321 g/mol. The minimum atomic E-state index is 0.0261. The summed E-state index contributed by atoms with van der Waals surface area (Å²) in [6.07, 6.45) is 0. The van der Waals surface area contributed by atoms with Crippen molar-refractivity contribution in [2.24, 2.45) is 0 Å². The molecule has 1 aliphatic rings. The lowest BCUT2D eigenvalue weighted by atomic mass is 10.2. The fourth-order valence-electron chi connectivity index (χ4n) is 2.36. The fourth-order valence-corrected chi connectivity index (χ4v) is 3.25. The molecule has 1 aromatic carbocycles. The molecule has 0 spiro atoms. The van der Waals surface area contributed by atoms with Gasteiger partial charge in [0.1, 0.15) is 0 Å². The first-order chi connectivity index (χ1) is 10.7. The summed E-state index contributed by atoms with van der Waals surface area (Å²) in [5.41, 5.74) is 1.25. The van der Waals surface area contributed by atoms with E-state index < -0.39 is 0 Å². The second-order valence-electron chi connectivity index (χ2n) is 5.31. The van der Waals surface area contributed by atoms with Crippen molar-refractivity contribution >= 4 is 23.6 Å². The molecule has 0 atom stereocenters. The Hall–Kier alpha value is -1.53. The first-order valence-corrected chi connectivity index (χ1v) is 8.67. The third kappa shape index (κ3) is 5.35. The molecule has 1 heterocycles. The summed E-state index contributed by atoms with van der Waals surface area (Å²) in [6.45, 7) is 3.37. The van der Waals surface area contributed by atoms with Crippen molar-refractivity contribution in [3.63, 3.8) is 0 Å². The van der Waals surface area contributed by atoms with Gasteiger partial charge in [0, 0.05) is 39.0 Å². The van der Waals surface area contributed by atoms with Gasteiger partial charge >= 0.3 is 0 Å². The number of carbonyl (C=O) groups excluding carboxylic acids is 2. The minimum Gasteiger partial charge on any atom is -0.358 e. The molecule has 0 radical (unpaired) electrons. The van der Waals surface area contributed by atoms with Crippen LogP contribution in [0.5, 0.6) is 0 Å². The standard InChI is InChI=1S/C16H23N3O2S/c1-17-15(20)11-18-7-9-19(10-8-18)16(21)13-22-12-14-5-3-2-4-6-14/h2-6H,7-13H2,1H3,(H,17,20). The number of hydrogen-bond acceptors (Lipinski definition) is 4. The molecule has 2 amide bonds. The van der Waals surface area contributed by atoms with Crippen molar-refractivity contribution in [2.45, 2.75) is 5.75 Å². The maximum absolute atomic E-state index is 12.2. The molecular weight excluding hydrogens is 298 g/mol. The first-order valence-electron chi connectivity index (χ1n) is 7.51. The molecule has 1 N–H and O–H groups in total. The Morgan fingerprint density at radius 2 is 1.82 bits per heavy atom. The Kier molecular flexibility index (Phi) is 6.74. The summed E-state index contributed by atoms with van der Waals surface area (Å²) in [4.78, 5) is 27.5. The molecule has 5 nitrogen and oxygen atoms in total. The number of benzene rings is 1. The zero-order valence-corrected chi connectivity index (χ0v) is 13.8. The number of carbonyl (C=O) groups is 2. The summed E-state index contributed by atoms with van der Waals surface area (Å²) in [6, 6.07) is 10.2. The first kappa shape index (κ1) is 16.8. The summed E-state index contributed by atoms with van der Waals surface area (Å²) in [5, 5.41) is 2.63. The normalized spacial score (nSPS) is 15.6. The fraction of sp³-hybridized carbons (Fsp3) is 0.500. The lowest BCUT2D eigenvalue weighted by Crippen LogP contribution is -2.51. The van der Waals surface area contributed by atoms with Gasteiger partial charge < -0.3 is 10.2 Å². The van der Waals surface area contributed by atoms with E-state index in [0.717, 1.165) is 18.8 Å². The van der Waals surface area contributed by atoms with E-state index in [1.807, 2.05) is 23.1 Å². The van der Waals surface area contributed by atoms with Crippen LogP contribution in [0.15, 0.2) is 30.3 Å². The second kappa shape index (κ2) is 8.80. The number of hydrogen-bond donors (Lipinski definition) is 1. The van der Waals surface area contributed by atoms with E-state index in [1.54, 1.807) is 18.8 Å². The SMILES string of the molecule is CNC(=O)CN1CCN(C(=O)CSCc2ccccc2)CC1. The monoisotopic (exact) mass is 321 g/mol. The van der Waals surface area contributed by atoms with Gasteiger partial charge in [0.25, 0.3) is 0 Å². The third-order valence-corrected chi connectivity index (χ3v) is 4.70. The highest BCUT2D eigenvalue weighted by Crippen LogP contribution is 2.13. The molecule has 0 aromatic heterocycles. The largest absolute Gasteiger partial charge is 0.358 e. The van der Waals surface area contributed by atoms with Gasteiger partial charge in [-0.2, -0.15) is 0 Å². The van der Waals surface area contributed by atoms with Crippen molar-refractivity contribution in [1.29, 1.82) is 0 Å². The Labute approximate surface area is 136 Å². The maximum Gasteiger partial charge on any atom is 0.233 e. The van der Waals surface area contributed by atoms with E-state index in [2.05, 4.69) is 22.3 Å². The van der Waals surface area contributed by atoms with Crippen LogP contribution in [-0.4, -0.2) is 67.1 Å². The Bertz CT molecular complexity index is 487. The highest BCUT2D eigenvalue weighted by atomic mass is 32.2. The van der Waals surface area contributed by atoms with E-state index in [0.29, 0.717) is 25.4 Å². The number of likely N-dealkylation sites (N-methyl/N-ethyl adjacent to an activating group) is 1. The van der Waals surface area contributed by atoms with Crippen LogP contribution >= 0.6 is 11.8 Å². The highest BCUT2D eigenvalue weighted by molar-refractivity contribution is 7.99. The quantitative estimate of drug-likeness (QED) is 0.842. The molecule has 0 unspecified atom stereocenters. The van der Waals surface area contributed by atoms with E-state index in [1.165, 1.54) is 5.56 Å². The summed E-state index contributed by atoms with van der Waals surface area (Å²) < 4.78 is 0. The molecular formula is C16H23N3O2S. The van der Waals surface area contributed by atoms with E-state index in [4.69, 9.17) is 0 Å². The molecule has 0 bridgehead atoms. The van der Waals surface area contributed by atoms with Crippen molar-refractivity contribution < 1.29 is 9.59 Å². The molecule has 6 heteroatoms. The predicted molar refractivity (Wildman–Crippen MR) is 89.7 cm³/mol. The highest BCUT2D eigenvalue weighted by Gasteiger charge is 2.21. The summed E-state index contributed by atoms with van der Waals surface area (Å²) in [5.74, 6) is 1.60. The lowest BCUT2D eigenvalue weighted by molar-refractivity contribution is -0.130. The number of nitrogens with zero attached hydrogens (tertiary/aromatic N) is 2. The molecule has 1 fully saturated rings. The van der Waals surface area contributed by atoms with Crippen molar-refractivity contribution in [3.8, 4) is 0 Å². The van der Waals surface area contributed by atoms with Crippen LogP contribution in [0.2, 0.25) is 0 Å². The number of piperazine rings is 1. The van der Waals surface area contributed by atoms with Gasteiger partial charge in [0.2, 0.25) is 11.8 Å². The van der Waals surface area contributed by atoms with Gasteiger partial charge in [0.15, 0.2) is 0 Å². The van der Waals surface area contributed by atoms with Crippen LogP contribution in [-0.2, 0) is 15.3 Å². The van der Waals surface area contributed by atoms with Gasteiger partial charge in [0.05, 0.1) is 12.3 Å². The summed E-state index contributed by atoms with van der Waals surface area (Å²) in [7, 11) is 1.64. The average Bonchev–Trinajstić information content (AvgIpc) is 2.56. The molecule has 22 heavy (non-hydrogen) atoms. The molecule has 2 rings (SSSR count). The van der Waals surface area contributed by atoms with Crippen molar-refractivity contribution in [1.82, 2.24) is 15.1 Å². The zero-order chi connectivity index (χ0) is 15.8. The van der Waals surface area contributed by atoms with Gasteiger partial charge in [-0.15, -0.1) is 11.8 Å². The molecule has 1 aliphatic heterocycles. The predicted octanol–water partition coefficient (Wildman–Crippen LogP) is 0.810. The topological polar surface area (TPSA) is 52.7 Å². The number of rotatable bonds is 6. The zero-order valence-electron chi connectivity index (χ0n) is 13.0. The van der Waals surface area contributed by atoms with Crippen LogP contribution in [0, 0.1) is 0 Å². The smallest absolute Gasteiger partial charge is 0.233 e. The van der Waals surface area contributed by atoms with Gasteiger partial charge in [-0.3, -0.25) is 14.5 Å². The third-order valence-electron chi connectivity index (χ3n) is 3.71. The molecule has 0 saturated carbocycles. The molecule has 120 valence electrons. The number of nitrogens with one attached hydrogen (secondary N) is 1. The minimum absolute atomic E-state index is 0.0261. The van der Waals surface area contributed by atoms with Crippen LogP contribution in [0.4, 0.5) is 0 Å². The lowest BCUT2D eigenvalue weighted by Gasteiger charge is -2.34. The van der Waals surface area contributed by atoms with Crippen molar-refractivity contribution in [3.05, 3.63) is 35.9 Å². The number of amides is 2. The van der Waals surface area contributed by atoms with Gasteiger partial charge in [-0.1, -0.05) is 30.3 Å². The van der Waals surface area contributed by atoms with E-state index in [9.17, 15) is 9.59 Å². The van der Waals surface area contributed by atoms with Gasteiger partial charge in [-0.25, -0.2) is 0 Å². The molecule has 1 saturated heterocycles. The Morgan fingerprint density at radius 1 is 1.14 bits per heavy atom.